The molecule has 0 saturated heterocycles. The minimum atomic E-state index is 0.0225. The van der Waals surface area contributed by atoms with Gasteiger partial charge in [0.15, 0.2) is 0 Å². The van der Waals surface area contributed by atoms with Crippen molar-refractivity contribution in [1.29, 1.82) is 0 Å². The Kier molecular flexibility index (Phi) is 6.66. The first kappa shape index (κ1) is 22.1. The molecule has 3 rings (SSSR count). The van der Waals surface area contributed by atoms with E-state index in [9.17, 15) is 4.79 Å². The molecule has 1 heterocycles. The molecule has 0 N–H and O–H groups in total. The van der Waals surface area contributed by atoms with Crippen LogP contribution in [0.15, 0.2) is 52.1 Å². The number of carbonyl (C=O) groups excluding carboxylic acids is 1. The minimum Gasteiger partial charge on any atom is -0.411 e. The summed E-state index contributed by atoms with van der Waals surface area (Å²) in [5.74, 6) is 0.745. The van der Waals surface area contributed by atoms with Gasteiger partial charge in [0.1, 0.15) is 0 Å². The summed E-state index contributed by atoms with van der Waals surface area (Å²) in [5.41, 5.74) is 5.79. The Hall–Kier alpha value is -2.60. The van der Waals surface area contributed by atoms with Crippen LogP contribution in [0.1, 0.15) is 43.0 Å². The molecule has 6 heteroatoms. The van der Waals surface area contributed by atoms with Crippen molar-refractivity contribution in [3.05, 3.63) is 64.7 Å². The van der Waals surface area contributed by atoms with Crippen molar-refractivity contribution < 1.29 is 9.21 Å². The molecule has 0 spiro atoms. The predicted octanol–water partition coefficient (Wildman–Crippen LogP) is 5.40. The minimum absolute atomic E-state index is 0.0225. The summed E-state index contributed by atoms with van der Waals surface area (Å²) in [4.78, 5) is 14.3. The van der Waals surface area contributed by atoms with Crippen LogP contribution in [0.25, 0.3) is 11.5 Å². The zero-order valence-electron chi connectivity index (χ0n) is 18.5. The van der Waals surface area contributed by atoms with Gasteiger partial charge in [-0.25, -0.2) is 0 Å². The third kappa shape index (κ3) is 5.51. The zero-order valence-corrected chi connectivity index (χ0v) is 19.3. The monoisotopic (exact) mass is 423 g/mol. The third-order valence-electron chi connectivity index (χ3n) is 5.05. The maximum Gasteiger partial charge on any atom is 0.277 e. The van der Waals surface area contributed by atoms with Gasteiger partial charge in [-0.05, 0) is 48.1 Å². The Labute approximate surface area is 182 Å². The number of aromatic nitrogens is 2. The Balaban J connectivity index is 1.57. The summed E-state index contributed by atoms with van der Waals surface area (Å²) in [6, 6.07) is 14.4. The van der Waals surface area contributed by atoms with E-state index in [1.807, 2.05) is 19.2 Å². The summed E-state index contributed by atoms with van der Waals surface area (Å²) < 4.78 is 5.75. The van der Waals surface area contributed by atoms with E-state index in [4.69, 9.17) is 4.42 Å². The molecule has 1 amide bonds. The first-order chi connectivity index (χ1) is 14.1. The SMILES string of the molecule is Cc1ccc(CN(C)C(=O)CSc2nnc(-c3ccc(C(C)(C)C)cc3)o2)c(C)c1. The lowest BCUT2D eigenvalue weighted by atomic mass is 9.87. The molecule has 3 aromatic rings. The molecular weight excluding hydrogens is 394 g/mol. The second-order valence-corrected chi connectivity index (χ2v) is 9.60. The highest BCUT2D eigenvalue weighted by atomic mass is 32.2. The van der Waals surface area contributed by atoms with Crippen molar-refractivity contribution >= 4 is 17.7 Å². The summed E-state index contributed by atoms with van der Waals surface area (Å²) in [7, 11) is 1.82. The fourth-order valence-corrected chi connectivity index (χ4v) is 3.80. The predicted molar refractivity (Wildman–Crippen MR) is 122 cm³/mol. The maximum absolute atomic E-state index is 12.5. The van der Waals surface area contributed by atoms with Crippen molar-refractivity contribution in [2.75, 3.05) is 12.8 Å². The van der Waals surface area contributed by atoms with Crippen molar-refractivity contribution in [2.45, 2.75) is 51.8 Å². The average molecular weight is 424 g/mol. The Bertz CT molecular complexity index is 1020. The number of amides is 1. The Morgan fingerprint density at radius 3 is 2.40 bits per heavy atom. The molecule has 0 atom stereocenters. The highest BCUT2D eigenvalue weighted by Gasteiger charge is 2.16. The van der Waals surface area contributed by atoms with Crippen molar-refractivity contribution in [3.8, 4) is 11.5 Å². The Morgan fingerprint density at radius 1 is 1.07 bits per heavy atom. The number of benzene rings is 2. The third-order valence-corrected chi connectivity index (χ3v) is 5.86. The zero-order chi connectivity index (χ0) is 21.9. The highest BCUT2D eigenvalue weighted by molar-refractivity contribution is 7.99. The van der Waals surface area contributed by atoms with E-state index in [-0.39, 0.29) is 17.1 Å². The second-order valence-electron chi connectivity index (χ2n) is 8.67. The second kappa shape index (κ2) is 9.04. The van der Waals surface area contributed by atoms with E-state index in [1.54, 1.807) is 4.90 Å². The summed E-state index contributed by atoms with van der Waals surface area (Å²) >= 11 is 1.27. The van der Waals surface area contributed by atoms with E-state index in [2.05, 4.69) is 75.1 Å². The van der Waals surface area contributed by atoms with Crippen LogP contribution in [-0.2, 0) is 16.8 Å². The lowest BCUT2D eigenvalue weighted by Gasteiger charge is -2.18. The van der Waals surface area contributed by atoms with E-state index in [1.165, 1.54) is 28.5 Å². The van der Waals surface area contributed by atoms with E-state index < -0.39 is 0 Å². The van der Waals surface area contributed by atoms with Gasteiger partial charge < -0.3 is 9.32 Å². The van der Waals surface area contributed by atoms with Crippen LogP contribution < -0.4 is 0 Å². The molecule has 0 aliphatic carbocycles. The fraction of sp³-hybridized carbons (Fsp3) is 0.375. The molecule has 0 radical (unpaired) electrons. The van der Waals surface area contributed by atoms with Gasteiger partial charge in [0, 0.05) is 19.2 Å². The van der Waals surface area contributed by atoms with E-state index in [0.29, 0.717) is 17.7 Å². The van der Waals surface area contributed by atoms with Gasteiger partial charge in [0.05, 0.1) is 5.75 Å². The number of aryl methyl sites for hydroxylation is 2. The van der Waals surface area contributed by atoms with Crippen LogP contribution in [0.3, 0.4) is 0 Å². The van der Waals surface area contributed by atoms with Crippen molar-refractivity contribution in [3.63, 3.8) is 0 Å². The first-order valence-electron chi connectivity index (χ1n) is 10.0. The highest BCUT2D eigenvalue weighted by Crippen LogP contribution is 2.27. The molecule has 30 heavy (non-hydrogen) atoms. The topological polar surface area (TPSA) is 59.2 Å². The Morgan fingerprint density at radius 2 is 1.77 bits per heavy atom. The lowest BCUT2D eigenvalue weighted by molar-refractivity contribution is -0.127. The number of carbonyl (C=O) groups is 1. The van der Waals surface area contributed by atoms with Gasteiger partial charge in [0.25, 0.3) is 5.22 Å². The number of nitrogens with zero attached hydrogens (tertiary/aromatic N) is 3. The molecule has 2 aromatic carbocycles. The summed E-state index contributed by atoms with van der Waals surface area (Å²) in [6.07, 6.45) is 0. The quantitative estimate of drug-likeness (QED) is 0.497. The van der Waals surface area contributed by atoms with Crippen molar-refractivity contribution in [2.24, 2.45) is 0 Å². The van der Waals surface area contributed by atoms with E-state index >= 15 is 0 Å². The fourth-order valence-electron chi connectivity index (χ4n) is 3.10. The molecule has 1 aromatic heterocycles. The molecule has 0 unspecified atom stereocenters. The van der Waals surface area contributed by atoms with Crippen LogP contribution in [0.2, 0.25) is 0 Å². The van der Waals surface area contributed by atoms with Gasteiger partial charge in [-0.3, -0.25) is 4.79 Å². The standard InChI is InChI=1S/C24H29N3O2S/c1-16-7-8-19(17(2)13-16)14-27(6)21(28)15-30-23-26-25-22(29-23)18-9-11-20(12-10-18)24(3,4)5/h7-13H,14-15H2,1-6H3. The van der Waals surface area contributed by atoms with Gasteiger partial charge >= 0.3 is 0 Å². The smallest absolute Gasteiger partial charge is 0.277 e. The molecule has 0 fully saturated rings. The molecule has 158 valence electrons. The van der Waals surface area contributed by atoms with Gasteiger partial charge in [-0.1, -0.05) is 68.4 Å². The molecule has 0 aliphatic rings. The van der Waals surface area contributed by atoms with Crippen molar-refractivity contribution in [1.82, 2.24) is 15.1 Å². The number of hydrogen-bond donors (Lipinski definition) is 0. The van der Waals surface area contributed by atoms with E-state index in [0.717, 1.165) is 11.1 Å². The van der Waals surface area contributed by atoms with Gasteiger partial charge in [-0.15, -0.1) is 10.2 Å². The van der Waals surface area contributed by atoms with Crippen LogP contribution >= 0.6 is 11.8 Å². The molecule has 5 nitrogen and oxygen atoms in total. The number of thioether (sulfide) groups is 1. The summed E-state index contributed by atoms with van der Waals surface area (Å²) in [5, 5.41) is 8.61. The van der Waals surface area contributed by atoms with Crippen LogP contribution in [-0.4, -0.2) is 33.8 Å². The van der Waals surface area contributed by atoms with Crippen LogP contribution in [0, 0.1) is 13.8 Å². The molecule has 0 aliphatic heterocycles. The maximum atomic E-state index is 12.5. The van der Waals surface area contributed by atoms with Gasteiger partial charge in [-0.2, -0.15) is 0 Å². The molecule has 0 bridgehead atoms. The first-order valence-corrected chi connectivity index (χ1v) is 11.0. The van der Waals surface area contributed by atoms with Crippen LogP contribution in [0.4, 0.5) is 0 Å². The normalized spacial score (nSPS) is 11.5. The number of rotatable bonds is 6. The van der Waals surface area contributed by atoms with Gasteiger partial charge in [0.2, 0.25) is 11.8 Å². The largest absolute Gasteiger partial charge is 0.411 e. The van der Waals surface area contributed by atoms with Crippen LogP contribution in [0.5, 0.6) is 0 Å². The lowest BCUT2D eigenvalue weighted by Crippen LogP contribution is -2.28. The average Bonchev–Trinajstić information content (AvgIpc) is 3.16. The summed E-state index contributed by atoms with van der Waals surface area (Å²) in [6.45, 7) is 11.3. The number of hydrogen-bond acceptors (Lipinski definition) is 5. The molecular formula is C24H29N3O2S. The molecule has 0 saturated carbocycles.